The van der Waals surface area contributed by atoms with Gasteiger partial charge < -0.3 is 10.3 Å². The van der Waals surface area contributed by atoms with Gasteiger partial charge >= 0.3 is 0 Å². The molecule has 1 aromatic carbocycles. The van der Waals surface area contributed by atoms with Gasteiger partial charge in [0.05, 0.1) is 23.6 Å². The van der Waals surface area contributed by atoms with Gasteiger partial charge in [0.1, 0.15) is 17.8 Å². The first-order valence-electron chi connectivity index (χ1n) is 7.10. The normalized spacial score (nSPS) is 10.4. The highest BCUT2D eigenvalue weighted by Gasteiger charge is 2.18. The molecule has 0 radical (unpaired) electrons. The maximum absolute atomic E-state index is 13.8. The van der Waals surface area contributed by atoms with Crippen molar-refractivity contribution in [3.8, 4) is 0 Å². The van der Waals surface area contributed by atoms with Gasteiger partial charge in [-0.05, 0) is 25.1 Å². The molecule has 24 heavy (non-hydrogen) atoms. The largest absolute Gasteiger partial charge is 0.356 e. The number of rotatable bonds is 4. The van der Waals surface area contributed by atoms with Crippen molar-refractivity contribution in [2.45, 2.75) is 6.92 Å². The van der Waals surface area contributed by atoms with Crippen LogP contribution in [0, 0.1) is 12.7 Å². The summed E-state index contributed by atoms with van der Waals surface area (Å²) in [5.74, 6) is -1.54. The molecule has 0 atom stereocenters. The van der Waals surface area contributed by atoms with E-state index in [0.717, 1.165) is 5.56 Å². The Morgan fingerprint density at radius 2 is 1.92 bits per heavy atom. The molecule has 0 bridgehead atoms. The SMILES string of the molecule is Cc1ccc(F)c(C(=O)c2c[nH]c(C(=O)Nc3cncnc3)c2)c1. The summed E-state index contributed by atoms with van der Waals surface area (Å²) in [7, 11) is 0. The second-order valence-electron chi connectivity index (χ2n) is 5.20. The number of nitrogens with zero attached hydrogens (tertiary/aromatic N) is 2. The third-order valence-corrected chi connectivity index (χ3v) is 3.37. The molecule has 0 saturated carbocycles. The maximum atomic E-state index is 13.8. The van der Waals surface area contributed by atoms with Gasteiger partial charge in [-0.1, -0.05) is 11.6 Å². The number of carbonyl (C=O) groups excluding carboxylic acids is 2. The number of aryl methyl sites for hydroxylation is 1. The fraction of sp³-hybridized carbons (Fsp3) is 0.0588. The Hall–Kier alpha value is -3.35. The van der Waals surface area contributed by atoms with Crippen LogP contribution in [-0.4, -0.2) is 26.6 Å². The molecule has 1 amide bonds. The minimum atomic E-state index is -0.598. The Morgan fingerprint density at radius 1 is 1.17 bits per heavy atom. The topological polar surface area (TPSA) is 87.7 Å². The molecule has 2 heterocycles. The number of hydrogen-bond acceptors (Lipinski definition) is 4. The van der Waals surface area contributed by atoms with E-state index in [2.05, 4.69) is 20.3 Å². The van der Waals surface area contributed by atoms with E-state index in [0.29, 0.717) is 5.69 Å². The zero-order valence-corrected chi connectivity index (χ0v) is 12.7. The molecular formula is C17H13FN4O2. The molecule has 3 aromatic rings. The Morgan fingerprint density at radius 3 is 2.67 bits per heavy atom. The first-order valence-corrected chi connectivity index (χ1v) is 7.10. The van der Waals surface area contributed by atoms with Crippen LogP contribution in [-0.2, 0) is 0 Å². The van der Waals surface area contributed by atoms with Crippen LogP contribution in [0.25, 0.3) is 0 Å². The molecule has 0 aliphatic heterocycles. The lowest BCUT2D eigenvalue weighted by molar-refractivity contribution is 0.102. The Kier molecular flexibility index (Phi) is 4.15. The molecule has 2 N–H and O–H groups in total. The van der Waals surface area contributed by atoms with Crippen molar-refractivity contribution in [1.29, 1.82) is 0 Å². The summed E-state index contributed by atoms with van der Waals surface area (Å²) < 4.78 is 13.8. The lowest BCUT2D eigenvalue weighted by Gasteiger charge is -2.02. The highest BCUT2D eigenvalue weighted by molar-refractivity contribution is 6.11. The number of benzene rings is 1. The minimum absolute atomic E-state index is 0.0302. The maximum Gasteiger partial charge on any atom is 0.272 e. The van der Waals surface area contributed by atoms with E-state index in [1.54, 1.807) is 13.0 Å². The van der Waals surface area contributed by atoms with Crippen LogP contribution in [0.3, 0.4) is 0 Å². The summed E-state index contributed by atoms with van der Waals surface area (Å²) in [5, 5.41) is 2.59. The zero-order chi connectivity index (χ0) is 17.1. The number of aromatic nitrogens is 3. The molecule has 0 spiro atoms. The van der Waals surface area contributed by atoms with Gasteiger partial charge in [-0.2, -0.15) is 0 Å². The van der Waals surface area contributed by atoms with Crippen molar-refractivity contribution in [3.63, 3.8) is 0 Å². The number of nitrogens with one attached hydrogen (secondary N) is 2. The Balaban J connectivity index is 1.81. The van der Waals surface area contributed by atoms with E-state index in [1.165, 1.54) is 43.1 Å². The van der Waals surface area contributed by atoms with E-state index in [1.807, 2.05) is 0 Å². The number of anilines is 1. The van der Waals surface area contributed by atoms with Gasteiger partial charge in [-0.3, -0.25) is 9.59 Å². The van der Waals surface area contributed by atoms with Gasteiger partial charge in [0.15, 0.2) is 5.78 Å². The van der Waals surface area contributed by atoms with Gasteiger partial charge in [-0.25, -0.2) is 14.4 Å². The van der Waals surface area contributed by atoms with Crippen molar-refractivity contribution < 1.29 is 14.0 Å². The molecular weight excluding hydrogens is 311 g/mol. The Labute approximate surface area is 136 Å². The first-order chi connectivity index (χ1) is 11.5. The van der Waals surface area contributed by atoms with Crippen molar-refractivity contribution in [1.82, 2.24) is 15.0 Å². The van der Waals surface area contributed by atoms with E-state index >= 15 is 0 Å². The van der Waals surface area contributed by atoms with E-state index in [9.17, 15) is 14.0 Å². The predicted molar refractivity (Wildman–Crippen MR) is 85.3 cm³/mol. The molecule has 0 aliphatic carbocycles. The lowest BCUT2D eigenvalue weighted by Crippen LogP contribution is -2.12. The van der Waals surface area contributed by atoms with Crippen LogP contribution >= 0.6 is 0 Å². The number of ketones is 1. The minimum Gasteiger partial charge on any atom is -0.356 e. The number of halogens is 1. The second kappa shape index (κ2) is 6.41. The highest BCUT2D eigenvalue weighted by atomic mass is 19.1. The van der Waals surface area contributed by atoms with E-state index in [-0.39, 0.29) is 16.8 Å². The summed E-state index contributed by atoms with van der Waals surface area (Å²) >= 11 is 0. The predicted octanol–water partition coefficient (Wildman–Crippen LogP) is 2.74. The summed E-state index contributed by atoms with van der Waals surface area (Å²) in [6.45, 7) is 1.77. The van der Waals surface area contributed by atoms with Gasteiger partial charge in [0.2, 0.25) is 0 Å². The van der Waals surface area contributed by atoms with Crippen LogP contribution in [0.1, 0.15) is 32.0 Å². The molecule has 0 aliphatic rings. The zero-order valence-electron chi connectivity index (χ0n) is 12.7. The summed E-state index contributed by atoms with van der Waals surface area (Å²) in [6.07, 6.45) is 5.61. The average Bonchev–Trinajstić information content (AvgIpc) is 3.07. The van der Waals surface area contributed by atoms with E-state index in [4.69, 9.17) is 0 Å². The monoisotopic (exact) mass is 324 g/mol. The summed E-state index contributed by atoms with van der Waals surface area (Å²) in [4.78, 5) is 34.8. The number of hydrogen-bond donors (Lipinski definition) is 2. The molecule has 2 aromatic heterocycles. The van der Waals surface area contributed by atoms with Crippen molar-refractivity contribution >= 4 is 17.4 Å². The second-order valence-corrected chi connectivity index (χ2v) is 5.20. The molecule has 0 fully saturated rings. The average molecular weight is 324 g/mol. The van der Waals surface area contributed by atoms with Crippen LogP contribution in [0.4, 0.5) is 10.1 Å². The highest BCUT2D eigenvalue weighted by Crippen LogP contribution is 2.17. The van der Waals surface area contributed by atoms with Crippen LogP contribution in [0.5, 0.6) is 0 Å². The summed E-state index contributed by atoms with van der Waals surface area (Å²) in [6, 6.07) is 5.69. The Bertz CT molecular complexity index is 906. The fourth-order valence-electron chi connectivity index (χ4n) is 2.19. The van der Waals surface area contributed by atoms with Crippen LogP contribution in [0.2, 0.25) is 0 Å². The van der Waals surface area contributed by atoms with Crippen molar-refractivity contribution in [3.05, 3.63) is 77.4 Å². The number of H-pyrrole nitrogens is 1. The molecule has 6 nitrogen and oxygen atoms in total. The standard InChI is InChI=1S/C17H13FN4O2/c1-10-2-3-14(18)13(4-10)16(23)11-5-15(21-6-11)17(24)22-12-7-19-9-20-8-12/h2-9,21H,1H3,(H,22,24). The first kappa shape index (κ1) is 15.5. The lowest BCUT2D eigenvalue weighted by atomic mass is 10.0. The smallest absolute Gasteiger partial charge is 0.272 e. The molecule has 3 rings (SSSR count). The van der Waals surface area contributed by atoms with Gasteiger partial charge in [0, 0.05) is 11.8 Å². The summed E-state index contributed by atoms with van der Waals surface area (Å²) in [5.41, 5.74) is 1.55. The molecule has 0 unspecified atom stereocenters. The van der Waals surface area contributed by atoms with Gasteiger partial charge in [0.25, 0.3) is 5.91 Å². The molecule has 7 heteroatoms. The fourth-order valence-corrected chi connectivity index (χ4v) is 2.19. The van der Waals surface area contributed by atoms with Crippen LogP contribution in [0.15, 0.2) is 49.2 Å². The third kappa shape index (κ3) is 3.19. The number of amides is 1. The number of carbonyl (C=O) groups is 2. The van der Waals surface area contributed by atoms with Gasteiger partial charge in [-0.15, -0.1) is 0 Å². The molecule has 120 valence electrons. The van der Waals surface area contributed by atoms with Crippen molar-refractivity contribution in [2.75, 3.05) is 5.32 Å². The van der Waals surface area contributed by atoms with Crippen LogP contribution < -0.4 is 5.32 Å². The van der Waals surface area contributed by atoms with Crippen molar-refractivity contribution in [2.24, 2.45) is 0 Å². The quantitative estimate of drug-likeness (QED) is 0.722. The third-order valence-electron chi connectivity index (χ3n) is 3.37. The van der Waals surface area contributed by atoms with E-state index < -0.39 is 17.5 Å². The number of aromatic amines is 1. The molecule has 0 saturated heterocycles.